The number of amides is 2. The number of rotatable bonds is 12. The van der Waals surface area contributed by atoms with Crippen LogP contribution in [0.3, 0.4) is 0 Å². The van der Waals surface area contributed by atoms with E-state index in [-0.39, 0.29) is 59.5 Å². The molecular formula is C36H30F7N5O5. The summed E-state index contributed by atoms with van der Waals surface area (Å²) in [5.74, 6) is -7.98. The summed E-state index contributed by atoms with van der Waals surface area (Å²) in [5, 5.41) is 19.5. The van der Waals surface area contributed by atoms with Gasteiger partial charge in [-0.05, 0) is 48.9 Å². The molecule has 10 nitrogen and oxygen atoms in total. The molecular weight excluding hydrogens is 715 g/mol. The highest BCUT2D eigenvalue weighted by molar-refractivity contribution is 6.00. The van der Waals surface area contributed by atoms with Crippen molar-refractivity contribution >= 4 is 22.7 Å². The van der Waals surface area contributed by atoms with Gasteiger partial charge in [0.1, 0.15) is 45.8 Å². The average molecular weight is 746 g/mol. The molecule has 6 rings (SSSR count). The maximum absolute atomic E-state index is 15.4. The van der Waals surface area contributed by atoms with Crippen LogP contribution in [0.25, 0.3) is 22.2 Å². The molecule has 0 aliphatic heterocycles. The van der Waals surface area contributed by atoms with Crippen molar-refractivity contribution in [2.24, 2.45) is 5.73 Å². The zero-order chi connectivity index (χ0) is 38.5. The Balaban J connectivity index is 1.50. The lowest BCUT2D eigenvalue weighted by Gasteiger charge is -2.30. The van der Waals surface area contributed by atoms with Gasteiger partial charge in [-0.15, -0.1) is 0 Å². The van der Waals surface area contributed by atoms with Crippen LogP contribution in [-0.4, -0.2) is 51.9 Å². The minimum atomic E-state index is -5.27. The summed E-state index contributed by atoms with van der Waals surface area (Å²) in [4.78, 5) is 30.1. The second-order valence-electron chi connectivity index (χ2n) is 12.4. The number of nitrogens with two attached hydrogens (primary N) is 1. The molecule has 2 heterocycles. The molecule has 1 saturated carbocycles. The topological polar surface area (TPSA) is 142 Å². The first-order valence-corrected chi connectivity index (χ1v) is 16.0. The van der Waals surface area contributed by atoms with E-state index in [0.717, 1.165) is 22.9 Å². The Bertz CT molecular complexity index is 2260. The average Bonchev–Trinajstić information content (AvgIpc) is 3.69. The first-order chi connectivity index (χ1) is 25.0. The number of aromatic nitrogens is 3. The summed E-state index contributed by atoms with van der Waals surface area (Å²) in [5.41, 5.74) is -1.19. The van der Waals surface area contributed by atoms with Crippen molar-refractivity contribution in [1.82, 2.24) is 20.1 Å². The summed E-state index contributed by atoms with van der Waals surface area (Å²) in [6.07, 6.45) is -4.00. The number of methoxy groups -OCH3 is 1. The van der Waals surface area contributed by atoms with Crippen LogP contribution in [0.1, 0.15) is 52.5 Å². The lowest BCUT2D eigenvalue weighted by Crippen LogP contribution is -2.42. The van der Waals surface area contributed by atoms with E-state index < -0.39 is 88.1 Å². The lowest BCUT2D eigenvalue weighted by molar-refractivity contribution is -0.140. The molecule has 53 heavy (non-hydrogen) atoms. The van der Waals surface area contributed by atoms with Crippen LogP contribution in [0.5, 0.6) is 11.5 Å². The third-order valence-electron chi connectivity index (χ3n) is 8.68. The van der Waals surface area contributed by atoms with Crippen molar-refractivity contribution in [2.45, 2.75) is 43.8 Å². The molecule has 1 atom stereocenters. The Labute approximate surface area is 296 Å². The zero-order valence-electron chi connectivity index (χ0n) is 28.0. The van der Waals surface area contributed by atoms with Crippen molar-refractivity contribution in [3.8, 4) is 22.8 Å². The Morgan fingerprint density at radius 3 is 2.42 bits per heavy atom. The number of primary amides is 1. The number of halogens is 7. The van der Waals surface area contributed by atoms with Crippen molar-refractivity contribution in [1.29, 1.82) is 0 Å². The molecule has 278 valence electrons. The fourth-order valence-electron chi connectivity index (χ4n) is 5.88. The maximum atomic E-state index is 15.4. The van der Waals surface area contributed by atoms with Gasteiger partial charge in [0.05, 0.1) is 37.9 Å². The number of fused-ring (bicyclic) bond motifs is 1. The molecule has 2 aromatic heterocycles. The van der Waals surface area contributed by atoms with Crippen molar-refractivity contribution in [3.63, 3.8) is 0 Å². The minimum absolute atomic E-state index is 0.00184. The normalized spacial score (nSPS) is 14.8. The molecule has 0 spiro atoms. The third kappa shape index (κ3) is 7.20. The molecule has 1 aliphatic rings. The van der Waals surface area contributed by atoms with Crippen LogP contribution in [-0.2, 0) is 28.8 Å². The van der Waals surface area contributed by atoms with Crippen LogP contribution in [0.2, 0.25) is 0 Å². The maximum Gasteiger partial charge on any atom is 0.419 e. The minimum Gasteiger partial charge on any atom is -0.494 e. The predicted octanol–water partition coefficient (Wildman–Crippen LogP) is 6.05. The van der Waals surface area contributed by atoms with Crippen molar-refractivity contribution < 1.29 is 54.9 Å². The summed E-state index contributed by atoms with van der Waals surface area (Å²) < 4.78 is 113. The zero-order valence-corrected chi connectivity index (χ0v) is 28.0. The molecule has 2 amide bonds. The molecule has 0 unspecified atom stereocenters. The van der Waals surface area contributed by atoms with E-state index in [2.05, 4.69) is 15.4 Å². The van der Waals surface area contributed by atoms with Crippen LogP contribution < -0.4 is 20.5 Å². The molecule has 1 aliphatic carbocycles. The standard InChI is InChI=1S/C36H30F7N5O5/c1-3-53-32-18(12-29(44)49)11-28(46-31(32)23-14-24(36(41,42)43)26(39)15-25(23)38)35(51,21-5-4-6-22(37)13-21)17-45-33(50)19-9-20-16-48(34(40)7-8-34)47-30(20)27(10-19)52-2/h4-6,9-11,13-16,51H,3,7-8,12,17H2,1-2H3,(H2,44,49)(H,45,50)/t35-/m1/s1. The van der Waals surface area contributed by atoms with Crippen LogP contribution in [0.15, 0.2) is 60.8 Å². The highest BCUT2D eigenvalue weighted by Crippen LogP contribution is 2.46. The number of aliphatic hydroxyl groups is 1. The van der Waals surface area contributed by atoms with E-state index in [1.54, 1.807) is 0 Å². The third-order valence-corrected chi connectivity index (χ3v) is 8.68. The molecule has 5 aromatic rings. The van der Waals surface area contributed by atoms with Crippen LogP contribution >= 0.6 is 0 Å². The quantitative estimate of drug-likeness (QED) is 0.132. The van der Waals surface area contributed by atoms with Gasteiger partial charge in [0, 0.05) is 47.2 Å². The lowest BCUT2D eigenvalue weighted by atomic mass is 9.87. The highest BCUT2D eigenvalue weighted by atomic mass is 19.4. The van der Waals surface area contributed by atoms with Gasteiger partial charge in [-0.2, -0.15) is 18.3 Å². The Morgan fingerprint density at radius 2 is 1.79 bits per heavy atom. The van der Waals surface area contributed by atoms with Gasteiger partial charge >= 0.3 is 6.18 Å². The van der Waals surface area contributed by atoms with Gasteiger partial charge in [-0.25, -0.2) is 27.2 Å². The monoisotopic (exact) mass is 745 g/mol. The second kappa shape index (κ2) is 13.7. The number of alkyl halides is 4. The predicted molar refractivity (Wildman–Crippen MR) is 175 cm³/mol. The number of carbonyl (C=O) groups excluding carboxylic acids is 2. The van der Waals surface area contributed by atoms with Gasteiger partial charge in [-0.1, -0.05) is 12.1 Å². The summed E-state index contributed by atoms with van der Waals surface area (Å²) in [6.45, 7) is 0.516. The Kier molecular flexibility index (Phi) is 9.57. The smallest absolute Gasteiger partial charge is 0.419 e. The van der Waals surface area contributed by atoms with Gasteiger partial charge in [0.15, 0.2) is 0 Å². The number of hydrogen-bond acceptors (Lipinski definition) is 7. The molecule has 17 heteroatoms. The number of nitrogens with one attached hydrogen (secondary N) is 1. The summed E-state index contributed by atoms with van der Waals surface area (Å²) in [6, 6.07) is 8.41. The largest absolute Gasteiger partial charge is 0.494 e. The van der Waals surface area contributed by atoms with Crippen molar-refractivity contribution in [3.05, 3.63) is 106 Å². The number of hydrogen-bond donors (Lipinski definition) is 3. The first-order valence-electron chi connectivity index (χ1n) is 16.0. The van der Waals surface area contributed by atoms with Gasteiger partial charge in [-0.3, -0.25) is 9.59 Å². The molecule has 0 radical (unpaired) electrons. The molecule has 0 saturated heterocycles. The Morgan fingerprint density at radius 1 is 1.06 bits per heavy atom. The van der Waals surface area contributed by atoms with Crippen LogP contribution in [0, 0.1) is 17.5 Å². The van der Waals surface area contributed by atoms with E-state index in [0.29, 0.717) is 5.39 Å². The fraction of sp³-hybridized carbons (Fsp3) is 0.278. The van der Waals surface area contributed by atoms with E-state index in [1.165, 1.54) is 44.5 Å². The number of nitrogens with zero attached hydrogens (tertiary/aromatic N) is 3. The van der Waals surface area contributed by atoms with Gasteiger partial charge in [0.25, 0.3) is 5.91 Å². The molecule has 0 bridgehead atoms. The van der Waals surface area contributed by atoms with E-state index in [9.17, 15) is 41.0 Å². The Hall–Kier alpha value is -5.71. The summed E-state index contributed by atoms with van der Waals surface area (Å²) >= 11 is 0. The number of benzene rings is 3. The number of carbonyl (C=O) groups is 2. The first kappa shape index (κ1) is 37.1. The van der Waals surface area contributed by atoms with Gasteiger partial charge < -0.3 is 25.6 Å². The highest BCUT2D eigenvalue weighted by Gasteiger charge is 2.46. The molecule has 3 aromatic carbocycles. The second-order valence-corrected chi connectivity index (χ2v) is 12.4. The van der Waals surface area contributed by atoms with E-state index in [4.69, 9.17) is 15.2 Å². The van der Waals surface area contributed by atoms with Gasteiger partial charge in [0.2, 0.25) is 11.7 Å². The van der Waals surface area contributed by atoms with Crippen molar-refractivity contribution in [2.75, 3.05) is 20.3 Å². The molecule has 4 N–H and O–H groups in total. The van der Waals surface area contributed by atoms with E-state index in [1.807, 2.05) is 0 Å². The summed E-state index contributed by atoms with van der Waals surface area (Å²) in [7, 11) is 1.32. The van der Waals surface area contributed by atoms with Crippen LogP contribution in [0.4, 0.5) is 30.7 Å². The van der Waals surface area contributed by atoms with E-state index >= 15 is 4.39 Å². The molecule has 1 fully saturated rings. The number of pyridine rings is 1. The SMILES string of the molecule is CCOc1c(CC(N)=O)cc([C@@](O)(CNC(=O)c2cc(OC)c3nn(C4(F)CC4)cc3c2)c2cccc(F)c2)nc1-c1cc(C(F)(F)F)c(F)cc1F. The fourth-order valence-corrected chi connectivity index (χ4v) is 5.88. The number of ether oxygens (including phenoxy) is 2.